The third-order valence-electron chi connectivity index (χ3n) is 3.73. The van der Waals surface area contributed by atoms with Gasteiger partial charge in [-0.15, -0.1) is 11.3 Å². The monoisotopic (exact) mass is 351 g/mol. The van der Waals surface area contributed by atoms with Crippen LogP contribution in [0.15, 0.2) is 34.1 Å². The van der Waals surface area contributed by atoms with Crippen LogP contribution in [0.2, 0.25) is 0 Å². The van der Waals surface area contributed by atoms with Crippen LogP contribution in [0.25, 0.3) is 0 Å². The number of anilines is 1. The third kappa shape index (κ3) is 2.92. The maximum Gasteiger partial charge on any atom is 0.0733 e. The van der Waals surface area contributed by atoms with Gasteiger partial charge in [-0.25, -0.2) is 0 Å². The van der Waals surface area contributed by atoms with Crippen molar-refractivity contribution >= 4 is 33.0 Å². The quantitative estimate of drug-likeness (QED) is 0.822. The van der Waals surface area contributed by atoms with Crippen LogP contribution in [0.5, 0.6) is 0 Å². The molecule has 0 fully saturated rings. The minimum Gasteiger partial charge on any atom is -0.380 e. The van der Waals surface area contributed by atoms with Crippen molar-refractivity contribution in [1.29, 1.82) is 0 Å². The lowest BCUT2D eigenvalue weighted by atomic mass is 9.93. The van der Waals surface area contributed by atoms with Gasteiger partial charge in [-0.05, 0) is 52.9 Å². The molecule has 1 atom stereocenters. The predicted molar refractivity (Wildman–Crippen MR) is 88.5 cm³/mol. The summed E-state index contributed by atoms with van der Waals surface area (Å²) in [6, 6.07) is 11.1. The minimum absolute atomic E-state index is 0.416. The van der Waals surface area contributed by atoms with Crippen LogP contribution < -0.4 is 5.32 Å². The zero-order chi connectivity index (χ0) is 13.9. The van der Waals surface area contributed by atoms with Crippen molar-refractivity contribution in [3.63, 3.8) is 0 Å². The molecule has 1 heterocycles. The summed E-state index contributed by atoms with van der Waals surface area (Å²) in [5, 5.41) is 3.71. The number of hydrogen-bond acceptors (Lipinski definition) is 3. The number of rotatable bonds is 4. The summed E-state index contributed by atoms with van der Waals surface area (Å²) < 4.78 is 6.52. The SMILES string of the molecule is COCc1ccccc1NC1CCCc2sc(Br)cc21. The van der Waals surface area contributed by atoms with Gasteiger partial charge in [0.05, 0.1) is 16.4 Å². The van der Waals surface area contributed by atoms with Gasteiger partial charge in [-0.1, -0.05) is 18.2 Å². The van der Waals surface area contributed by atoms with Gasteiger partial charge in [0.15, 0.2) is 0 Å². The highest BCUT2D eigenvalue weighted by atomic mass is 79.9. The molecular formula is C16H18BrNOS. The molecule has 4 heteroatoms. The molecule has 2 aromatic rings. The molecule has 1 N–H and O–H groups in total. The fraction of sp³-hybridized carbons (Fsp3) is 0.375. The first-order valence-electron chi connectivity index (χ1n) is 6.89. The number of nitrogens with one attached hydrogen (secondary N) is 1. The number of thiophene rings is 1. The van der Waals surface area contributed by atoms with E-state index in [4.69, 9.17) is 4.74 Å². The zero-order valence-electron chi connectivity index (χ0n) is 11.5. The second-order valence-electron chi connectivity index (χ2n) is 5.11. The minimum atomic E-state index is 0.416. The number of ether oxygens (including phenoxy) is 1. The van der Waals surface area contributed by atoms with E-state index in [9.17, 15) is 0 Å². The summed E-state index contributed by atoms with van der Waals surface area (Å²) in [5.41, 5.74) is 3.87. The molecule has 1 aromatic carbocycles. The van der Waals surface area contributed by atoms with Gasteiger partial charge >= 0.3 is 0 Å². The van der Waals surface area contributed by atoms with Crippen molar-refractivity contribution in [1.82, 2.24) is 0 Å². The second kappa shape index (κ2) is 6.29. The van der Waals surface area contributed by atoms with E-state index < -0.39 is 0 Å². The Bertz CT molecular complexity index is 596. The Morgan fingerprint density at radius 3 is 3.10 bits per heavy atom. The summed E-state index contributed by atoms with van der Waals surface area (Å²) in [5.74, 6) is 0. The maximum atomic E-state index is 5.29. The molecular weight excluding hydrogens is 334 g/mol. The molecule has 0 saturated carbocycles. The first-order chi connectivity index (χ1) is 9.78. The molecule has 2 nitrogen and oxygen atoms in total. The molecule has 0 saturated heterocycles. The maximum absolute atomic E-state index is 5.29. The summed E-state index contributed by atoms with van der Waals surface area (Å²) >= 11 is 5.49. The fourth-order valence-electron chi connectivity index (χ4n) is 2.80. The van der Waals surface area contributed by atoms with Gasteiger partial charge in [0, 0.05) is 23.2 Å². The molecule has 0 aliphatic heterocycles. The summed E-state index contributed by atoms with van der Waals surface area (Å²) in [6.07, 6.45) is 3.66. The number of benzene rings is 1. The molecule has 0 radical (unpaired) electrons. The zero-order valence-corrected chi connectivity index (χ0v) is 13.9. The van der Waals surface area contributed by atoms with Crippen LogP contribution in [0.3, 0.4) is 0 Å². The Morgan fingerprint density at radius 1 is 1.40 bits per heavy atom. The number of fused-ring (bicyclic) bond motifs is 1. The molecule has 0 bridgehead atoms. The van der Waals surface area contributed by atoms with E-state index in [0.717, 1.165) is 0 Å². The van der Waals surface area contributed by atoms with Gasteiger partial charge in [-0.3, -0.25) is 0 Å². The van der Waals surface area contributed by atoms with Gasteiger partial charge < -0.3 is 10.1 Å². The number of hydrogen-bond donors (Lipinski definition) is 1. The molecule has 1 aliphatic rings. The van der Waals surface area contributed by atoms with Crippen molar-refractivity contribution in [2.24, 2.45) is 0 Å². The molecule has 1 aliphatic carbocycles. The average Bonchev–Trinajstić information content (AvgIpc) is 2.83. The van der Waals surface area contributed by atoms with Crippen LogP contribution in [-0.2, 0) is 17.8 Å². The largest absolute Gasteiger partial charge is 0.380 e. The standard InChI is InChI=1S/C16H18BrNOS/c1-19-10-11-5-2-3-6-13(11)18-14-7-4-8-15-12(14)9-16(17)20-15/h2-3,5-6,9,14,18H,4,7-8,10H2,1H3. The Morgan fingerprint density at radius 2 is 2.25 bits per heavy atom. The number of aryl methyl sites for hydroxylation is 1. The predicted octanol–water partition coefficient (Wildman–Crippen LogP) is 5.15. The lowest BCUT2D eigenvalue weighted by molar-refractivity contribution is 0.185. The van der Waals surface area contributed by atoms with Crippen LogP contribution in [0.4, 0.5) is 5.69 Å². The van der Waals surface area contributed by atoms with Gasteiger partial charge in [-0.2, -0.15) is 0 Å². The fourth-order valence-corrected chi connectivity index (χ4v) is 4.62. The summed E-state index contributed by atoms with van der Waals surface area (Å²) in [7, 11) is 1.74. The van der Waals surface area contributed by atoms with E-state index in [1.54, 1.807) is 7.11 Å². The van der Waals surface area contributed by atoms with E-state index >= 15 is 0 Å². The van der Waals surface area contributed by atoms with E-state index in [2.05, 4.69) is 51.6 Å². The van der Waals surface area contributed by atoms with Crippen molar-refractivity contribution < 1.29 is 4.74 Å². The molecule has 3 rings (SSSR count). The van der Waals surface area contributed by atoms with Crippen LogP contribution in [0, 0.1) is 0 Å². The van der Waals surface area contributed by atoms with Gasteiger partial charge in [0.2, 0.25) is 0 Å². The first-order valence-corrected chi connectivity index (χ1v) is 8.50. The average molecular weight is 352 g/mol. The van der Waals surface area contributed by atoms with E-state index in [0.29, 0.717) is 12.6 Å². The Kier molecular flexibility index (Phi) is 4.44. The van der Waals surface area contributed by atoms with Gasteiger partial charge in [0.1, 0.15) is 0 Å². The molecule has 0 spiro atoms. The smallest absolute Gasteiger partial charge is 0.0733 e. The third-order valence-corrected chi connectivity index (χ3v) is 5.44. The van der Waals surface area contributed by atoms with Crippen molar-refractivity contribution in [3.05, 3.63) is 50.1 Å². The summed E-state index contributed by atoms with van der Waals surface area (Å²) in [4.78, 5) is 1.52. The highest BCUT2D eigenvalue weighted by molar-refractivity contribution is 9.11. The normalized spacial score (nSPS) is 17.8. The van der Waals surface area contributed by atoms with Gasteiger partial charge in [0.25, 0.3) is 0 Å². The molecule has 0 amide bonds. The van der Waals surface area contributed by atoms with Crippen molar-refractivity contribution in [2.45, 2.75) is 31.9 Å². The van der Waals surface area contributed by atoms with Crippen LogP contribution in [-0.4, -0.2) is 7.11 Å². The number of para-hydroxylation sites is 1. The topological polar surface area (TPSA) is 21.3 Å². The number of methoxy groups -OCH3 is 1. The lowest BCUT2D eigenvalue weighted by Gasteiger charge is -2.25. The summed E-state index contributed by atoms with van der Waals surface area (Å²) in [6.45, 7) is 0.649. The highest BCUT2D eigenvalue weighted by Gasteiger charge is 2.23. The van der Waals surface area contributed by atoms with Crippen LogP contribution in [0.1, 0.15) is 34.9 Å². The van der Waals surface area contributed by atoms with Crippen LogP contribution >= 0.6 is 27.3 Å². The molecule has 1 aromatic heterocycles. The van der Waals surface area contributed by atoms with E-state index in [1.165, 1.54) is 44.7 Å². The second-order valence-corrected chi connectivity index (χ2v) is 7.62. The number of halogens is 1. The Labute approximate surface area is 132 Å². The lowest BCUT2D eigenvalue weighted by Crippen LogP contribution is -2.16. The van der Waals surface area contributed by atoms with Crippen molar-refractivity contribution in [2.75, 3.05) is 12.4 Å². The Balaban J connectivity index is 1.85. The molecule has 106 valence electrons. The van der Waals surface area contributed by atoms with E-state index in [1.807, 2.05) is 11.3 Å². The molecule has 20 heavy (non-hydrogen) atoms. The highest BCUT2D eigenvalue weighted by Crippen LogP contribution is 2.39. The first kappa shape index (κ1) is 14.1. The van der Waals surface area contributed by atoms with E-state index in [-0.39, 0.29) is 0 Å². The Hall–Kier alpha value is -0.840. The molecule has 1 unspecified atom stereocenters. The van der Waals surface area contributed by atoms with Crippen molar-refractivity contribution in [3.8, 4) is 0 Å².